The average Bonchev–Trinajstić information content (AvgIpc) is 2.77. The van der Waals surface area contributed by atoms with Gasteiger partial charge >= 0.3 is 0 Å². The third kappa shape index (κ3) is 6.43. The number of hydroxylamine groups is 1. The third-order valence-corrected chi connectivity index (χ3v) is 3.96. The number of anilines is 2. The Morgan fingerprint density at radius 3 is 2.59 bits per heavy atom. The fourth-order valence-corrected chi connectivity index (χ4v) is 2.38. The van der Waals surface area contributed by atoms with Crippen LogP contribution >= 0.6 is 0 Å². The van der Waals surface area contributed by atoms with Gasteiger partial charge in [-0.1, -0.05) is 11.2 Å². The van der Waals surface area contributed by atoms with E-state index >= 15 is 0 Å². The second kappa shape index (κ2) is 11.7. The number of hydrogen-bond acceptors (Lipinski definition) is 7. The highest BCUT2D eigenvalue weighted by Gasteiger charge is 2.23. The van der Waals surface area contributed by atoms with Crippen LogP contribution in [-0.4, -0.2) is 50.0 Å². The van der Waals surface area contributed by atoms with Crippen molar-refractivity contribution in [3.8, 4) is 0 Å². The molecule has 0 heterocycles. The molecule has 0 saturated carbocycles. The molecule has 4 N–H and O–H groups in total. The van der Waals surface area contributed by atoms with Crippen LogP contribution in [0.15, 0.2) is 29.4 Å². The number of rotatable bonds is 10. The zero-order chi connectivity index (χ0) is 23.7. The van der Waals surface area contributed by atoms with Crippen LogP contribution in [0.5, 0.6) is 0 Å². The molecule has 2 aromatic carbocycles. The first-order valence-electron chi connectivity index (χ1n) is 9.22. The van der Waals surface area contributed by atoms with Crippen LogP contribution in [-0.2, 0) is 14.5 Å². The van der Waals surface area contributed by atoms with Gasteiger partial charge in [0.05, 0.1) is 36.4 Å². The SMILES string of the molecule is CNC(=O)CO/N=C/c1cc(C(=O)NOCCO)c(Nc2ccc(C)cc2F)c(F)c1F. The number of aliphatic hydroxyl groups is 1. The summed E-state index contributed by atoms with van der Waals surface area (Å²) in [5.74, 6) is -5.16. The number of aryl methyl sites for hydroxylation is 1. The first kappa shape index (κ1) is 24.6. The van der Waals surface area contributed by atoms with Crippen molar-refractivity contribution in [1.82, 2.24) is 10.8 Å². The molecule has 2 aromatic rings. The maximum atomic E-state index is 14.9. The molecular formula is C20H21F3N4O5. The molecule has 0 saturated heterocycles. The van der Waals surface area contributed by atoms with E-state index in [1.807, 2.05) is 5.48 Å². The van der Waals surface area contributed by atoms with Crippen LogP contribution in [0, 0.1) is 24.4 Å². The number of halogens is 3. The second-order valence-electron chi connectivity index (χ2n) is 6.31. The summed E-state index contributed by atoms with van der Waals surface area (Å²) in [6.45, 7) is 0.515. The Balaban J connectivity index is 2.43. The smallest absolute Gasteiger partial charge is 0.277 e. The molecule has 12 heteroatoms. The summed E-state index contributed by atoms with van der Waals surface area (Å²) in [6, 6.07) is 4.94. The van der Waals surface area contributed by atoms with E-state index in [0.717, 1.165) is 12.3 Å². The number of likely N-dealkylation sites (N-methyl/N-ethyl adjacent to an activating group) is 1. The number of carbonyl (C=O) groups is 2. The van der Waals surface area contributed by atoms with Crippen molar-refractivity contribution in [2.75, 3.05) is 32.2 Å². The number of benzene rings is 2. The summed E-state index contributed by atoms with van der Waals surface area (Å²) in [4.78, 5) is 33.0. The van der Waals surface area contributed by atoms with Crippen LogP contribution in [0.2, 0.25) is 0 Å². The van der Waals surface area contributed by atoms with Gasteiger partial charge in [0.2, 0.25) is 0 Å². The van der Waals surface area contributed by atoms with Crippen molar-refractivity contribution in [1.29, 1.82) is 0 Å². The van der Waals surface area contributed by atoms with E-state index in [9.17, 15) is 22.8 Å². The van der Waals surface area contributed by atoms with E-state index in [1.54, 1.807) is 6.92 Å². The van der Waals surface area contributed by atoms with E-state index in [2.05, 4.69) is 20.6 Å². The second-order valence-corrected chi connectivity index (χ2v) is 6.31. The zero-order valence-corrected chi connectivity index (χ0v) is 17.2. The van der Waals surface area contributed by atoms with E-state index in [-0.39, 0.29) is 12.3 Å². The lowest BCUT2D eigenvalue weighted by Gasteiger charge is -2.15. The highest BCUT2D eigenvalue weighted by Crippen LogP contribution is 2.30. The van der Waals surface area contributed by atoms with E-state index in [0.29, 0.717) is 5.56 Å². The molecule has 0 fully saturated rings. The minimum absolute atomic E-state index is 0.199. The summed E-state index contributed by atoms with van der Waals surface area (Å²) in [7, 11) is 1.37. The lowest BCUT2D eigenvalue weighted by Crippen LogP contribution is -2.26. The molecule has 0 aliphatic rings. The van der Waals surface area contributed by atoms with Gasteiger partial charge in [0.1, 0.15) is 5.82 Å². The van der Waals surface area contributed by atoms with Gasteiger partial charge in [-0.25, -0.2) is 18.7 Å². The Bertz CT molecular complexity index is 1020. The molecule has 0 bridgehead atoms. The van der Waals surface area contributed by atoms with Crippen LogP contribution in [0.3, 0.4) is 0 Å². The molecule has 172 valence electrons. The van der Waals surface area contributed by atoms with Crippen molar-refractivity contribution in [2.45, 2.75) is 6.92 Å². The van der Waals surface area contributed by atoms with Crippen LogP contribution < -0.4 is 16.1 Å². The number of nitrogens with one attached hydrogen (secondary N) is 3. The molecule has 32 heavy (non-hydrogen) atoms. The minimum Gasteiger partial charge on any atom is -0.394 e. The molecule has 2 rings (SSSR count). The molecule has 9 nitrogen and oxygen atoms in total. The number of nitrogens with zero attached hydrogens (tertiary/aromatic N) is 1. The van der Waals surface area contributed by atoms with Crippen LogP contribution in [0.25, 0.3) is 0 Å². The lowest BCUT2D eigenvalue weighted by atomic mass is 10.1. The fraction of sp³-hybridized carbons (Fsp3) is 0.250. The number of aliphatic hydroxyl groups excluding tert-OH is 1. The Morgan fingerprint density at radius 2 is 1.94 bits per heavy atom. The highest BCUT2D eigenvalue weighted by atomic mass is 19.2. The number of amides is 2. The zero-order valence-electron chi connectivity index (χ0n) is 17.2. The molecule has 0 radical (unpaired) electrons. The van der Waals surface area contributed by atoms with Crippen molar-refractivity contribution >= 4 is 29.4 Å². The Morgan fingerprint density at radius 1 is 1.19 bits per heavy atom. The molecule has 0 unspecified atom stereocenters. The number of oxime groups is 1. The monoisotopic (exact) mass is 454 g/mol. The van der Waals surface area contributed by atoms with Gasteiger partial charge in [0.25, 0.3) is 11.8 Å². The molecule has 0 aliphatic heterocycles. The minimum atomic E-state index is -1.49. The van der Waals surface area contributed by atoms with Crippen molar-refractivity contribution in [2.24, 2.45) is 5.16 Å². The first-order valence-corrected chi connectivity index (χ1v) is 9.22. The summed E-state index contributed by atoms with van der Waals surface area (Å²) in [6.07, 6.45) is 0.767. The van der Waals surface area contributed by atoms with Gasteiger partial charge in [-0.15, -0.1) is 0 Å². The van der Waals surface area contributed by atoms with Crippen LogP contribution in [0.1, 0.15) is 21.5 Å². The normalized spacial score (nSPS) is 10.8. The largest absolute Gasteiger partial charge is 0.394 e. The Labute approximate surface area is 181 Å². The van der Waals surface area contributed by atoms with E-state index in [4.69, 9.17) is 9.94 Å². The maximum Gasteiger partial charge on any atom is 0.277 e. The van der Waals surface area contributed by atoms with Gasteiger partial charge in [-0.05, 0) is 30.7 Å². The maximum absolute atomic E-state index is 14.9. The van der Waals surface area contributed by atoms with Crippen molar-refractivity contribution < 1.29 is 37.5 Å². The van der Waals surface area contributed by atoms with Crippen molar-refractivity contribution in [3.63, 3.8) is 0 Å². The van der Waals surface area contributed by atoms with Gasteiger partial charge < -0.3 is 20.6 Å². The first-order chi connectivity index (χ1) is 15.3. The Hall–Kier alpha value is -3.64. The molecular weight excluding hydrogens is 433 g/mol. The molecule has 0 spiro atoms. The quantitative estimate of drug-likeness (QED) is 0.247. The Kier molecular flexibility index (Phi) is 8.98. The van der Waals surface area contributed by atoms with Crippen LogP contribution in [0.4, 0.5) is 24.5 Å². The highest BCUT2D eigenvalue weighted by molar-refractivity contribution is 6.01. The molecule has 0 aliphatic carbocycles. The molecule has 0 atom stereocenters. The van der Waals surface area contributed by atoms with E-state index < -0.39 is 59.3 Å². The van der Waals surface area contributed by atoms with Gasteiger partial charge in [0.15, 0.2) is 18.2 Å². The standard InChI is InChI=1S/C20H21F3N4O5/c1-11-3-4-15(14(21)7-11)26-19-13(20(30)27-31-6-5-28)8-12(17(22)18(19)23)9-25-32-10-16(29)24-2/h3-4,7-9,26,28H,5-6,10H2,1-2H3,(H,24,29)(H,27,30)/b25-9+. The molecule has 0 aromatic heterocycles. The lowest BCUT2D eigenvalue weighted by molar-refractivity contribution is -0.125. The number of carbonyl (C=O) groups excluding carboxylic acids is 2. The predicted octanol–water partition coefficient (Wildman–Crippen LogP) is 1.91. The third-order valence-electron chi connectivity index (χ3n) is 3.96. The van der Waals surface area contributed by atoms with Gasteiger partial charge in [0, 0.05) is 12.6 Å². The average molecular weight is 454 g/mol. The predicted molar refractivity (Wildman–Crippen MR) is 109 cm³/mol. The van der Waals surface area contributed by atoms with Crippen molar-refractivity contribution in [3.05, 3.63) is 58.4 Å². The summed E-state index contributed by atoms with van der Waals surface area (Å²) in [5, 5.41) is 16.8. The number of hydrogen-bond donors (Lipinski definition) is 4. The van der Waals surface area contributed by atoms with E-state index in [1.165, 1.54) is 25.2 Å². The summed E-state index contributed by atoms with van der Waals surface area (Å²) >= 11 is 0. The summed E-state index contributed by atoms with van der Waals surface area (Å²) in [5.41, 5.74) is 0.771. The van der Waals surface area contributed by atoms with Gasteiger partial charge in [-0.3, -0.25) is 14.4 Å². The van der Waals surface area contributed by atoms with Gasteiger partial charge in [-0.2, -0.15) is 0 Å². The fourth-order valence-electron chi connectivity index (χ4n) is 2.38. The summed E-state index contributed by atoms with van der Waals surface area (Å²) < 4.78 is 43.7. The molecule has 2 amide bonds. The topological polar surface area (TPSA) is 121 Å².